The van der Waals surface area contributed by atoms with E-state index in [-0.39, 0.29) is 18.4 Å². The zero-order valence-corrected chi connectivity index (χ0v) is 22.5. The molecule has 5 rings (SSSR count). The van der Waals surface area contributed by atoms with Gasteiger partial charge in [-0.15, -0.1) is 5.10 Å². The Bertz CT molecular complexity index is 1480. The standard InChI is InChI=1S/C30H33N5O4/c1-20(2)14-15-31-30(37)29(23-9-5-4-8-21(23)3)35(22-12-13-26-27(18-22)39-17-16-38-26)28(36)19-34-25-11-7-6-10-24(25)32-33-34/h4-13,18,20,29H,14-17,19H2,1-3H3,(H,31,37). The summed E-state index contributed by atoms with van der Waals surface area (Å²) in [4.78, 5) is 29.7. The average molecular weight is 528 g/mol. The highest BCUT2D eigenvalue weighted by atomic mass is 16.6. The molecular formula is C30H33N5O4. The number of benzene rings is 3. The lowest BCUT2D eigenvalue weighted by Crippen LogP contribution is -2.46. The van der Waals surface area contributed by atoms with Gasteiger partial charge < -0.3 is 14.8 Å². The van der Waals surface area contributed by atoms with Gasteiger partial charge in [-0.1, -0.05) is 55.5 Å². The number of hydrogen-bond donors (Lipinski definition) is 1. The molecule has 1 aliphatic rings. The number of anilines is 1. The molecule has 2 heterocycles. The van der Waals surface area contributed by atoms with Gasteiger partial charge in [0.2, 0.25) is 11.8 Å². The quantitative estimate of drug-likeness (QED) is 0.345. The Hall–Kier alpha value is -4.40. The Morgan fingerprint density at radius 3 is 2.54 bits per heavy atom. The number of carbonyl (C=O) groups is 2. The SMILES string of the molecule is Cc1ccccc1C(C(=O)NCCC(C)C)N(C(=O)Cn1nnc2ccccc21)c1ccc2c(c1)OCCO2. The lowest BCUT2D eigenvalue weighted by atomic mass is 9.98. The molecule has 1 aliphatic heterocycles. The van der Waals surface area contributed by atoms with E-state index in [0.29, 0.717) is 48.4 Å². The number of ether oxygens (including phenoxy) is 2. The van der Waals surface area contributed by atoms with Gasteiger partial charge in [-0.05, 0) is 54.7 Å². The monoisotopic (exact) mass is 527 g/mol. The Morgan fingerprint density at radius 2 is 1.74 bits per heavy atom. The van der Waals surface area contributed by atoms with E-state index in [9.17, 15) is 9.59 Å². The van der Waals surface area contributed by atoms with Gasteiger partial charge in [-0.25, -0.2) is 4.68 Å². The number of aryl methyl sites for hydroxylation is 1. The predicted molar refractivity (Wildman–Crippen MR) is 149 cm³/mol. The van der Waals surface area contributed by atoms with Crippen molar-refractivity contribution in [2.24, 2.45) is 5.92 Å². The van der Waals surface area contributed by atoms with Crippen LogP contribution in [0.4, 0.5) is 5.69 Å². The summed E-state index contributed by atoms with van der Waals surface area (Å²) in [7, 11) is 0. The van der Waals surface area contributed by atoms with Crippen molar-refractivity contribution in [3.63, 3.8) is 0 Å². The van der Waals surface area contributed by atoms with Crippen LogP contribution in [0.2, 0.25) is 0 Å². The Morgan fingerprint density at radius 1 is 1.00 bits per heavy atom. The maximum Gasteiger partial charge on any atom is 0.249 e. The fourth-order valence-corrected chi connectivity index (χ4v) is 4.73. The average Bonchev–Trinajstić information content (AvgIpc) is 3.34. The maximum atomic E-state index is 14.2. The van der Waals surface area contributed by atoms with Gasteiger partial charge in [0.25, 0.3) is 0 Å². The summed E-state index contributed by atoms with van der Waals surface area (Å²) in [5, 5.41) is 11.5. The lowest BCUT2D eigenvalue weighted by molar-refractivity contribution is -0.127. The molecule has 4 aromatic rings. The van der Waals surface area contributed by atoms with Gasteiger partial charge in [0.15, 0.2) is 11.5 Å². The molecule has 0 spiro atoms. The number of amides is 2. The van der Waals surface area contributed by atoms with Crippen molar-refractivity contribution >= 4 is 28.5 Å². The summed E-state index contributed by atoms with van der Waals surface area (Å²) in [6.07, 6.45) is 0.829. The molecule has 9 nitrogen and oxygen atoms in total. The van der Waals surface area contributed by atoms with Gasteiger partial charge in [-0.3, -0.25) is 14.5 Å². The molecule has 0 saturated carbocycles. The fraction of sp³-hybridized carbons (Fsp3) is 0.333. The third kappa shape index (κ3) is 5.72. The number of nitrogens with one attached hydrogen (secondary N) is 1. The number of rotatable bonds is 9. The summed E-state index contributed by atoms with van der Waals surface area (Å²) in [6, 6.07) is 19.5. The van der Waals surface area contributed by atoms with Crippen LogP contribution in [0.25, 0.3) is 11.0 Å². The largest absolute Gasteiger partial charge is 0.486 e. The van der Waals surface area contributed by atoms with Crippen LogP contribution in [0.15, 0.2) is 66.7 Å². The topological polar surface area (TPSA) is 98.6 Å². The second-order valence-corrected chi connectivity index (χ2v) is 10.1. The van der Waals surface area contributed by atoms with Crippen molar-refractivity contribution in [1.82, 2.24) is 20.3 Å². The van der Waals surface area contributed by atoms with Crippen LogP contribution >= 0.6 is 0 Å². The molecule has 0 fully saturated rings. The molecule has 9 heteroatoms. The second kappa shape index (κ2) is 11.6. The van der Waals surface area contributed by atoms with E-state index in [1.165, 1.54) is 0 Å². The summed E-state index contributed by atoms with van der Waals surface area (Å²) < 4.78 is 13.1. The minimum absolute atomic E-state index is 0.101. The summed E-state index contributed by atoms with van der Waals surface area (Å²) in [6.45, 7) is 7.44. The van der Waals surface area contributed by atoms with Crippen molar-refractivity contribution in [2.45, 2.75) is 39.8 Å². The first-order chi connectivity index (χ1) is 18.9. The molecule has 0 saturated heterocycles. The molecule has 3 aromatic carbocycles. The highest BCUT2D eigenvalue weighted by Crippen LogP contribution is 2.37. The van der Waals surface area contributed by atoms with Crippen molar-refractivity contribution in [2.75, 3.05) is 24.7 Å². The molecule has 2 amide bonds. The minimum Gasteiger partial charge on any atom is -0.486 e. The van der Waals surface area contributed by atoms with Gasteiger partial charge >= 0.3 is 0 Å². The van der Waals surface area contributed by atoms with Crippen LogP contribution < -0.4 is 19.7 Å². The van der Waals surface area contributed by atoms with Crippen molar-refractivity contribution in [3.05, 3.63) is 77.9 Å². The van der Waals surface area contributed by atoms with Crippen LogP contribution in [0.3, 0.4) is 0 Å². The number of nitrogens with zero attached hydrogens (tertiary/aromatic N) is 4. The van der Waals surface area contributed by atoms with Gasteiger partial charge in [0.1, 0.15) is 31.3 Å². The van der Waals surface area contributed by atoms with Gasteiger partial charge in [0.05, 0.1) is 5.52 Å². The summed E-state index contributed by atoms with van der Waals surface area (Å²) in [5.74, 6) is 1.00. The lowest BCUT2D eigenvalue weighted by Gasteiger charge is -2.33. The second-order valence-electron chi connectivity index (χ2n) is 10.1. The molecule has 0 bridgehead atoms. The van der Waals surface area contributed by atoms with Crippen molar-refractivity contribution in [1.29, 1.82) is 0 Å². The molecular weight excluding hydrogens is 494 g/mol. The highest BCUT2D eigenvalue weighted by molar-refractivity contribution is 6.02. The van der Waals surface area contributed by atoms with Crippen molar-refractivity contribution in [3.8, 4) is 11.5 Å². The zero-order chi connectivity index (χ0) is 27.4. The van der Waals surface area contributed by atoms with Gasteiger partial charge in [-0.2, -0.15) is 0 Å². The van der Waals surface area contributed by atoms with Crippen LogP contribution in [0, 0.1) is 12.8 Å². The molecule has 0 aliphatic carbocycles. The van der Waals surface area contributed by atoms with Crippen molar-refractivity contribution < 1.29 is 19.1 Å². The number of para-hydroxylation sites is 1. The Kier molecular flexibility index (Phi) is 7.76. The number of aromatic nitrogens is 3. The van der Waals surface area contributed by atoms with Gasteiger partial charge in [0, 0.05) is 18.3 Å². The normalized spacial score (nSPS) is 13.3. The number of carbonyl (C=O) groups excluding carboxylic acids is 2. The smallest absolute Gasteiger partial charge is 0.249 e. The van der Waals surface area contributed by atoms with Crippen LogP contribution in [-0.4, -0.2) is 46.6 Å². The Labute approximate surface area is 227 Å². The van der Waals surface area contributed by atoms with E-state index in [4.69, 9.17) is 9.47 Å². The molecule has 1 atom stereocenters. The zero-order valence-electron chi connectivity index (χ0n) is 22.5. The number of fused-ring (bicyclic) bond motifs is 2. The molecule has 1 N–H and O–H groups in total. The Balaban J connectivity index is 1.59. The van der Waals surface area contributed by atoms with E-state index in [0.717, 1.165) is 23.1 Å². The fourth-order valence-electron chi connectivity index (χ4n) is 4.73. The van der Waals surface area contributed by atoms with E-state index in [1.54, 1.807) is 27.8 Å². The van der Waals surface area contributed by atoms with E-state index >= 15 is 0 Å². The summed E-state index contributed by atoms with van der Waals surface area (Å²) in [5.41, 5.74) is 3.61. The molecule has 1 aromatic heterocycles. The highest BCUT2D eigenvalue weighted by Gasteiger charge is 2.34. The first-order valence-corrected chi connectivity index (χ1v) is 13.3. The molecule has 39 heavy (non-hydrogen) atoms. The van der Waals surface area contributed by atoms with Crippen LogP contribution in [0.1, 0.15) is 37.4 Å². The first-order valence-electron chi connectivity index (χ1n) is 13.3. The molecule has 0 radical (unpaired) electrons. The maximum absolute atomic E-state index is 14.2. The van der Waals surface area contributed by atoms with Crippen LogP contribution in [-0.2, 0) is 16.1 Å². The summed E-state index contributed by atoms with van der Waals surface area (Å²) >= 11 is 0. The predicted octanol–water partition coefficient (Wildman–Crippen LogP) is 4.45. The van der Waals surface area contributed by atoms with E-state index < -0.39 is 6.04 Å². The number of hydrogen-bond acceptors (Lipinski definition) is 6. The van der Waals surface area contributed by atoms with E-state index in [1.807, 2.05) is 55.5 Å². The first kappa shape index (κ1) is 26.2. The third-order valence-corrected chi connectivity index (χ3v) is 6.79. The molecule has 1 unspecified atom stereocenters. The van der Waals surface area contributed by atoms with E-state index in [2.05, 4.69) is 29.5 Å². The third-order valence-electron chi connectivity index (χ3n) is 6.79. The van der Waals surface area contributed by atoms with Crippen LogP contribution in [0.5, 0.6) is 11.5 Å². The minimum atomic E-state index is -0.914. The molecule has 202 valence electrons.